The van der Waals surface area contributed by atoms with Gasteiger partial charge < -0.3 is 25.4 Å². The van der Waals surface area contributed by atoms with Crippen molar-refractivity contribution in [3.8, 4) is 5.75 Å². The number of carbonyl (C=O) groups excluding carboxylic acids is 1. The highest BCUT2D eigenvalue weighted by Gasteiger charge is 2.18. The van der Waals surface area contributed by atoms with Gasteiger partial charge in [-0.05, 0) is 44.7 Å². The van der Waals surface area contributed by atoms with Gasteiger partial charge in [-0.3, -0.25) is 4.79 Å². The van der Waals surface area contributed by atoms with E-state index in [-0.39, 0.29) is 5.91 Å². The highest BCUT2D eigenvalue weighted by molar-refractivity contribution is 5.81. The molecule has 1 unspecified atom stereocenters. The summed E-state index contributed by atoms with van der Waals surface area (Å²) in [5.74, 6) is 2.18. The van der Waals surface area contributed by atoms with Gasteiger partial charge in [-0.1, -0.05) is 25.0 Å². The van der Waals surface area contributed by atoms with Gasteiger partial charge in [-0.15, -0.1) is 0 Å². The van der Waals surface area contributed by atoms with Crippen molar-refractivity contribution < 1.29 is 14.3 Å². The fourth-order valence-electron chi connectivity index (χ4n) is 4.02. The maximum Gasteiger partial charge on any atom is 0.221 e. The third-order valence-corrected chi connectivity index (χ3v) is 5.84. The van der Waals surface area contributed by atoms with Crippen molar-refractivity contribution in [2.24, 2.45) is 10.9 Å². The minimum atomic E-state index is 0.111. The van der Waals surface area contributed by atoms with Crippen LogP contribution in [0.3, 0.4) is 0 Å². The minimum Gasteiger partial charge on any atom is -0.493 e. The summed E-state index contributed by atoms with van der Waals surface area (Å²) in [6.45, 7) is 8.23. The van der Waals surface area contributed by atoms with Gasteiger partial charge in [0.15, 0.2) is 5.96 Å². The Hall–Kier alpha value is -2.28. The van der Waals surface area contributed by atoms with Crippen LogP contribution in [0.15, 0.2) is 23.2 Å². The van der Waals surface area contributed by atoms with Crippen LogP contribution < -0.4 is 20.7 Å². The second-order valence-corrected chi connectivity index (χ2v) is 8.57. The van der Waals surface area contributed by atoms with E-state index < -0.39 is 0 Å². The zero-order chi connectivity index (χ0) is 21.9. The van der Waals surface area contributed by atoms with E-state index in [0.717, 1.165) is 50.3 Å². The number of guanidine groups is 1. The van der Waals surface area contributed by atoms with E-state index in [1.807, 2.05) is 6.92 Å². The van der Waals surface area contributed by atoms with Gasteiger partial charge in [0.25, 0.3) is 0 Å². The first-order chi connectivity index (χ1) is 15.1. The predicted molar refractivity (Wildman–Crippen MR) is 123 cm³/mol. The van der Waals surface area contributed by atoms with Gasteiger partial charge in [0.05, 0.1) is 19.8 Å². The Morgan fingerprint density at radius 1 is 1.23 bits per heavy atom. The van der Waals surface area contributed by atoms with Crippen LogP contribution in [0.2, 0.25) is 0 Å². The first-order valence-corrected chi connectivity index (χ1v) is 11.8. The average molecular weight is 431 g/mol. The third kappa shape index (κ3) is 8.05. The van der Waals surface area contributed by atoms with Gasteiger partial charge in [0.1, 0.15) is 5.75 Å². The number of ether oxygens (including phenoxy) is 2. The molecule has 1 saturated carbocycles. The molecular formula is C24H38N4O3. The number of aliphatic imine (C=N–C) groups is 1. The van der Waals surface area contributed by atoms with Gasteiger partial charge in [0, 0.05) is 43.6 Å². The van der Waals surface area contributed by atoms with E-state index in [1.165, 1.54) is 18.4 Å². The summed E-state index contributed by atoms with van der Waals surface area (Å²) in [7, 11) is 0. The molecule has 172 valence electrons. The highest BCUT2D eigenvalue weighted by atomic mass is 16.5. The molecule has 0 aromatic heterocycles. The Kier molecular flexibility index (Phi) is 9.46. The summed E-state index contributed by atoms with van der Waals surface area (Å²) in [5.41, 5.74) is 2.23. The van der Waals surface area contributed by atoms with Crippen molar-refractivity contribution in [3.05, 3.63) is 29.3 Å². The lowest BCUT2D eigenvalue weighted by atomic mass is 10.1. The van der Waals surface area contributed by atoms with Gasteiger partial charge >= 0.3 is 0 Å². The molecule has 1 aliphatic carbocycles. The molecule has 1 amide bonds. The molecule has 3 rings (SSSR count). The summed E-state index contributed by atoms with van der Waals surface area (Å²) in [4.78, 5) is 16.9. The van der Waals surface area contributed by atoms with E-state index in [4.69, 9.17) is 14.5 Å². The van der Waals surface area contributed by atoms with E-state index in [1.54, 1.807) is 0 Å². The summed E-state index contributed by atoms with van der Waals surface area (Å²) >= 11 is 0. The van der Waals surface area contributed by atoms with E-state index in [9.17, 15) is 4.79 Å². The van der Waals surface area contributed by atoms with Gasteiger partial charge in [0.2, 0.25) is 5.91 Å². The molecule has 2 fully saturated rings. The summed E-state index contributed by atoms with van der Waals surface area (Å²) in [5, 5.41) is 9.66. The van der Waals surface area contributed by atoms with Crippen molar-refractivity contribution in [1.82, 2.24) is 16.0 Å². The topological polar surface area (TPSA) is 84.0 Å². The van der Waals surface area contributed by atoms with E-state index in [0.29, 0.717) is 44.0 Å². The highest BCUT2D eigenvalue weighted by Crippen LogP contribution is 2.23. The maximum atomic E-state index is 12.1. The maximum absolute atomic E-state index is 12.1. The fourth-order valence-corrected chi connectivity index (χ4v) is 4.02. The molecule has 3 N–H and O–H groups in total. The Morgan fingerprint density at radius 3 is 2.81 bits per heavy atom. The number of nitrogens with one attached hydrogen (secondary N) is 3. The first kappa shape index (κ1) is 23.4. The molecule has 0 spiro atoms. The van der Waals surface area contributed by atoms with Crippen LogP contribution in [-0.2, 0) is 16.1 Å². The lowest BCUT2D eigenvalue weighted by Gasteiger charge is -2.15. The van der Waals surface area contributed by atoms with Crippen LogP contribution in [0.1, 0.15) is 56.6 Å². The second-order valence-electron chi connectivity index (χ2n) is 8.57. The number of nitrogens with zero attached hydrogens (tertiary/aromatic N) is 1. The molecule has 1 aromatic carbocycles. The smallest absolute Gasteiger partial charge is 0.221 e. The molecular weight excluding hydrogens is 392 g/mol. The summed E-state index contributed by atoms with van der Waals surface area (Å²) < 4.78 is 11.6. The number of carbonyl (C=O) groups is 1. The molecule has 7 heteroatoms. The van der Waals surface area contributed by atoms with Crippen molar-refractivity contribution in [2.45, 2.75) is 65.0 Å². The Bertz CT molecular complexity index is 726. The number of aryl methyl sites for hydroxylation is 1. The summed E-state index contributed by atoms with van der Waals surface area (Å²) in [6, 6.07) is 6.61. The fraction of sp³-hybridized carbons (Fsp3) is 0.667. The molecule has 31 heavy (non-hydrogen) atoms. The SMILES string of the molecule is CCNC(=NCc1ccc(C)cc1OCC1CCOC1)NCCC(=O)NC1CCCC1. The Labute approximate surface area is 186 Å². The monoisotopic (exact) mass is 430 g/mol. The Balaban J connectivity index is 1.50. The molecule has 1 atom stereocenters. The molecule has 1 heterocycles. The van der Waals surface area contributed by atoms with Crippen molar-refractivity contribution in [1.29, 1.82) is 0 Å². The number of benzene rings is 1. The number of rotatable bonds is 10. The molecule has 1 saturated heterocycles. The number of amides is 1. The van der Waals surface area contributed by atoms with Crippen molar-refractivity contribution >= 4 is 11.9 Å². The molecule has 0 bridgehead atoms. The molecule has 0 radical (unpaired) electrons. The van der Waals surface area contributed by atoms with Crippen LogP contribution in [0.25, 0.3) is 0 Å². The minimum absolute atomic E-state index is 0.111. The standard InChI is InChI=1S/C24H38N4O3/c1-3-25-24(26-12-10-23(29)28-21-6-4-5-7-21)27-15-20-9-8-18(2)14-22(20)31-17-19-11-13-30-16-19/h8-9,14,19,21H,3-7,10-13,15-17H2,1-2H3,(H,28,29)(H2,25,26,27). The first-order valence-electron chi connectivity index (χ1n) is 11.8. The second kappa shape index (κ2) is 12.5. The van der Waals surface area contributed by atoms with Crippen LogP contribution >= 0.6 is 0 Å². The van der Waals surface area contributed by atoms with Crippen molar-refractivity contribution in [2.75, 3.05) is 32.9 Å². The number of hydrogen-bond donors (Lipinski definition) is 3. The predicted octanol–water partition coefficient (Wildman–Crippen LogP) is 2.91. The van der Waals surface area contributed by atoms with Crippen LogP contribution in [0.4, 0.5) is 0 Å². The zero-order valence-electron chi connectivity index (χ0n) is 19.0. The largest absolute Gasteiger partial charge is 0.493 e. The molecule has 1 aromatic rings. The quantitative estimate of drug-likeness (QED) is 0.393. The molecule has 7 nitrogen and oxygen atoms in total. The number of hydrogen-bond acceptors (Lipinski definition) is 4. The third-order valence-electron chi connectivity index (χ3n) is 5.84. The molecule has 1 aliphatic heterocycles. The zero-order valence-corrected chi connectivity index (χ0v) is 19.0. The van der Waals surface area contributed by atoms with Crippen LogP contribution in [0.5, 0.6) is 5.75 Å². The Morgan fingerprint density at radius 2 is 2.06 bits per heavy atom. The van der Waals surface area contributed by atoms with Gasteiger partial charge in [-0.2, -0.15) is 0 Å². The van der Waals surface area contributed by atoms with Crippen LogP contribution in [0, 0.1) is 12.8 Å². The van der Waals surface area contributed by atoms with E-state index >= 15 is 0 Å². The van der Waals surface area contributed by atoms with Gasteiger partial charge in [-0.25, -0.2) is 4.99 Å². The normalized spacial score (nSPS) is 19.4. The van der Waals surface area contributed by atoms with E-state index in [2.05, 4.69) is 41.1 Å². The molecule has 2 aliphatic rings. The van der Waals surface area contributed by atoms with Crippen LogP contribution in [-0.4, -0.2) is 50.8 Å². The average Bonchev–Trinajstić information content (AvgIpc) is 3.45. The summed E-state index contributed by atoms with van der Waals surface area (Å²) in [6.07, 6.45) is 6.17. The lowest BCUT2D eigenvalue weighted by Crippen LogP contribution is -2.40. The van der Waals surface area contributed by atoms with Crippen molar-refractivity contribution in [3.63, 3.8) is 0 Å². The lowest BCUT2D eigenvalue weighted by molar-refractivity contribution is -0.121.